The summed E-state index contributed by atoms with van der Waals surface area (Å²) in [5, 5.41) is 32.8. The van der Waals surface area contributed by atoms with Crippen LogP contribution in [-0.4, -0.2) is 87.7 Å². The fourth-order valence-electron chi connectivity index (χ4n) is 1.71. The highest BCUT2D eigenvalue weighted by atomic mass is 32.1. The van der Waals surface area contributed by atoms with Crippen LogP contribution in [0, 0.1) is 0 Å². The Bertz CT molecular complexity index is 519. The zero-order valence-electron chi connectivity index (χ0n) is 14.5. The van der Waals surface area contributed by atoms with Crippen LogP contribution in [0.15, 0.2) is 0 Å². The van der Waals surface area contributed by atoms with E-state index in [2.05, 4.69) is 16.1 Å². The van der Waals surface area contributed by atoms with Crippen molar-refractivity contribution in [2.45, 2.75) is 37.6 Å². The van der Waals surface area contributed by atoms with Gasteiger partial charge in [-0.25, -0.2) is 4.79 Å². The third kappa shape index (κ3) is 8.35. The molecule has 0 aliphatic carbocycles. The Morgan fingerprint density at radius 3 is 2.19 bits per heavy atom. The quantitative estimate of drug-likeness (QED) is 0.141. The number of thiocarbonyl (C=S) groups is 1. The second-order valence-electron chi connectivity index (χ2n) is 5.53. The lowest BCUT2D eigenvalue weighted by Gasteiger charge is -2.27. The molecule has 150 valence electrons. The number of nitrogens with zero attached hydrogens (tertiary/aromatic N) is 1. The molecular weight excluding hydrogens is 368 g/mol. The number of urea groups is 1. The van der Waals surface area contributed by atoms with Crippen molar-refractivity contribution < 1.29 is 29.7 Å². The highest BCUT2D eigenvalue weighted by Crippen LogP contribution is 1.99. The number of likely N-dealkylation sites (N-methyl/N-ethyl adjacent to an activating group) is 1. The Balaban J connectivity index is 5.01. The third-order valence-electron chi connectivity index (χ3n) is 3.25. The molecule has 0 aromatic heterocycles. The molecule has 0 spiro atoms. The first kappa shape index (κ1) is 23.9. The number of carbonyl (C=O) groups excluding carboxylic acids is 3. The highest BCUT2D eigenvalue weighted by Gasteiger charge is 2.28. The van der Waals surface area contributed by atoms with Crippen LogP contribution in [0.3, 0.4) is 0 Å². The summed E-state index contributed by atoms with van der Waals surface area (Å²) in [6, 6.07) is -4.10. The van der Waals surface area contributed by atoms with E-state index in [4.69, 9.17) is 33.9 Å². The Morgan fingerprint density at radius 2 is 1.77 bits per heavy atom. The van der Waals surface area contributed by atoms with Crippen molar-refractivity contribution in [3.05, 3.63) is 0 Å². The molecule has 0 aromatic rings. The van der Waals surface area contributed by atoms with Crippen molar-refractivity contribution in [2.75, 3.05) is 20.3 Å². The van der Waals surface area contributed by atoms with Gasteiger partial charge in [0.15, 0.2) is 0 Å². The van der Waals surface area contributed by atoms with Gasteiger partial charge in [0.25, 0.3) is 5.91 Å². The minimum atomic E-state index is -1.34. The molecule has 13 heteroatoms. The topological polar surface area (TPSA) is 203 Å². The van der Waals surface area contributed by atoms with E-state index in [1.807, 2.05) is 0 Å². The van der Waals surface area contributed by atoms with Gasteiger partial charge in [-0.2, -0.15) is 0 Å². The van der Waals surface area contributed by atoms with Crippen LogP contribution in [0.25, 0.3) is 0 Å². The van der Waals surface area contributed by atoms with Crippen molar-refractivity contribution in [1.82, 2.24) is 21.1 Å². The number of primary amides is 1. The Morgan fingerprint density at radius 1 is 1.19 bits per heavy atom. The number of carbonyl (C=O) groups is 3. The van der Waals surface area contributed by atoms with E-state index in [1.54, 1.807) is 0 Å². The Kier molecular flexibility index (Phi) is 10.6. The fourth-order valence-corrected chi connectivity index (χ4v) is 1.92. The highest BCUT2D eigenvalue weighted by molar-refractivity contribution is 7.80. The molecule has 10 N–H and O–H groups in total. The minimum Gasteiger partial charge on any atom is -0.394 e. The lowest BCUT2D eigenvalue weighted by atomic mass is 10.1. The van der Waals surface area contributed by atoms with Gasteiger partial charge >= 0.3 is 6.03 Å². The largest absolute Gasteiger partial charge is 0.394 e. The number of hydrazine groups is 1. The molecule has 0 rings (SSSR count). The summed E-state index contributed by atoms with van der Waals surface area (Å²) in [5.74, 6) is -1.61. The van der Waals surface area contributed by atoms with Crippen molar-refractivity contribution in [3.63, 3.8) is 0 Å². The van der Waals surface area contributed by atoms with Gasteiger partial charge in [-0.3, -0.25) is 20.0 Å². The van der Waals surface area contributed by atoms with Gasteiger partial charge in [0.1, 0.15) is 11.0 Å². The first-order valence-electron chi connectivity index (χ1n) is 7.62. The molecule has 0 bridgehead atoms. The van der Waals surface area contributed by atoms with Gasteiger partial charge in [0, 0.05) is 7.05 Å². The number of amides is 4. The number of aliphatic hydroxyl groups excluding tert-OH is 3. The molecule has 4 amide bonds. The summed E-state index contributed by atoms with van der Waals surface area (Å²) in [4.78, 5) is 35.5. The average Bonchev–Trinajstić information content (AvgIpc) is 2.56. The van der Waals surface area contributed by atoms with Gasteiger partial charge in [-0.15, -0.1) is 0 Å². The van der Waals surface area contributed by atoms with Crippen LogP contribution in [-0.2, 0) is 9.59 Å². The fraction of sp³-hybridized carbons (Fsp3) is 0.692. The maximum atomic E-state index is 12.4. The molecule has 0 aromatic carbocycles. The molecule has 0 saturated carbocycles. The maximum Gasteiger partial charge on any atom is 0.315 e. The van der Waals surface area contributed by atoms with Crippen LogP contribution in [0.1, 0.15) is 13.3 Å². The standard InChI is InChI=1S/C13H26N6O6S/c1-6(22)9(5-21)17-13(25)16-8(3-10(15)23)12(24)19(2)18-11(26)7(14)4-20/h6-9,20-22H,3-5,14H2,1-2H3,(H2,15,23)(H,18,26)(H2,16,17,25). The average molecular weight is 394 g/mol. The summed E-state index contributed by atoms with van der Waals surface area (Å²) < 4.78 is 0. The number of rotatable bonds is 9. The first-order valence-corrected chi connectivity index (χ1v) is 8.03. The van der Waals surface area contributed by atoms with Crippen molar-refractivity contribution >= 4 is 35.1 Å². The van der Waals surface area contributed by atoms with Crippen LogP contribution < -0.4 is 27.5 Å². The molecule has 0 saturated heterocycles. The minimum absolute atomic E-state index is 0.0277. The van der Waals surface area contributed by atoms with Gasteiger partial charge in [-0.1, -0.05) is 12.2 Å². The Hall–Kier alpha value is -2.06. The normalized spacial score (nSPS) is 15.2. The zero-order chi connectivity index (χ0) is 20.4. The molecule has 26 heavy (non-hydrogen) atoms. The molecule has 12 nitrogen and oxygen atoms in total. The summed E-state index contributed by atoms with van der Waals surface area (Å²) in [5.41, 5.74) is 13.1. The summed E-state index contributed by atoms with van der Waals surface area (Å²) in [6.45, 7) is 0.381. The van der Waals surface area contributed by atoms with E-state index in [0.717, 1.165) is 5.01 Å². The Labute approximate surface area is 155 Å². The van der Waals surface area contributed by atoms with E-state index in [-0.39, 0.29) is 4.99 Å². The van der Waals surface area contributed by atoms with Crippen molar-refractivity contribution in [3.8, 4) is 0 Å². The molecule has 0 radical (unpaired) electrons. The molecule has 0 aliphatic heterocycles. The van der Waals surface area contributed by atoms with E-state index in [9.17, 15) is 19.5 Å². The predicted molar refractivity (Wildman–Crippen MR) is 95.4 cm³/mol. The monoisotopic (exact) mass is 394 g/mol. The first-order chi connectivity index (χ1) is 12.0. The van der Waals surface area contributed by atoms with Crippen LogP contribution >= 0.6 is 12.2 Å². The molecule has 0 heterocycles. The third-order valence-corrected chi connectivity index (χ3v) is 3.64. The molecule has 4 atom stereocenters. The van der Waals surface area contributed by atoms with E-state index in [0.29, 0.717) is 0 Å². The van der Waals surface area contributed by atoms with Crippen LogP contribution in [0.5, 0.6) is 0 Å². The van der Waals surface area contributed by atoms with Gasteiger partial charge in [0.2, 0.25) is 5.91 Å². The van der Waals surface area contributed by atoms with Gasteiger partial charge < -0.3 is 37.4 Å². The number of nitrogens with two attached hydrogens (primary N) is 2. The molecular formula is C13H26N6O6S. The smallest absolute Gasteiger partial charge is 0.315 e. The molecule has 0 fully saturated rings. The number of nitrogens with one attached hydrogen (secondary N) is 3. The van der Waals surface area contributed by atoms with Gasteiger partial charge in [-0.05, 0) is 6.92 Å². The molecule has 4 unspecified atom stereocenters. The van der Waals surface area contributed by atoms with E-state index >= 15 is 0 Å². The van der Waals surface area contributed by atoms with E-state index in [1.165, 1.54) is 14.0 Å². The number of aliphatic hydroxyl groups is 3. The SMILES string of the molecule is CC(O)C(CO)NC(=O)NC(CC(N)=O)C(=O)N(C)NC(=S)C(N)CO. The maximum absolute atomic E-state index is 12.4. The molecule has 0 aliphatic rings. The lowest BCUT2D eigenvalue weighted by Crippen LogP contribution is -2.59. The summed E-state index contributed by atoms with van der Waals surface area (Å²) >= 11 is 4.90. The lowest BCUT2D eigenvalue weighted by molar-refractivity contribution is -0.135. The second-order valence-corrected chi connectivity index (χ2v) is 5.97. The van der Waals surface area contributed by atoms with Gasteiger partial charge in [0.05, 0.1) is 37.8 Å². The van der Waals surface area contributed by atoms with Crippen LogP contribution in [0.4, 0.5) is 4.79 Å². The zero-order valence-corrected chi connectivity index (χ0v) is 15.3. The second kappa shape index (κ2) is 11.5. The van der Waals surface area contributed by atoms with Crippen molar-refractivity contribution in [2.24, 2.45) is 11.5 Å². The van der Waals surface area contributed by atoms with E-state index < -0.39 is 61.7 Å². The summed E-state index contributed by atoms with van der Waals surface area (Å²) in [7, 11) is 1.28. The number of hydrogen-bond acceptors (Lipinski definition) is 8. The van der Waals surface area contributed by atoms with Crippen molar-refractivity contribution in [1.29, 1.82) is 0 Å². The van der Waals surface area contributed by atoms with Crippen LogP contribution in [0.2, 0.25) is 0 Å². The summed E-state index contributed by atoms with van der Waals surface area (Å²) in [6.07, 6.45) is -1.55. The number of hydrogen-bond donors (Lipinski definition) is 8. The predicted octanol–water partition coefficient (Wildman–Crippen LogP) is -4.12.